The van der Waals surface area contributed by atoms with Gasteiger partial charge >= 0.3 is 6.03 Å². The number of hydrogen-bond donors (Lipinski definition) is 3. The van der Waals surface area contributed by atoms with Gasteiger partial charge in [0.25, 0.3) is 0 Å². The van der Waals surface area contributed by atoms with E-state index in [-0.39, 0.29) is 18.2 Å². The van der Waals surface area contributed by atoms with E-state index in [0.717, 1.165) is 24.8 Å². The van der Waals surface area contributed by atoms with Gasteiger partial charge in [-0.25, -0.2) is 4.79 Å². The van der Waals surface area contributed by atoms with Gasteiger partial charge in [0.15, 0.2) is 0 Å². The van der Waals surface area contributed by atoms with Gasteiger partial charge in [-0.15, -0.1) is 0 Å². The number of ether oxygens (including phenoxy) is 1. The molecule has 0 radical (unpaired) electrons. The van der Waals surface area contributed by atoms with Crippen LogP contribution in [0.15, 0.2) is 30.3 Å². The molecule has 0 saturated carbocycles. The predicted molar refractivity (Wildman–Crippen MR) is 78.9 cm³/mol. The molecule has 0 aromatic heterocycles. The standard InChI is InChI=1S/C16H22N2O3/c19-14(11-4-2-1-3-5-11)8-9-17-16(20)18-13-10-12-6-7-15(13)21-12/h1-5,12-15,19H,6-10H2,(H2,17,18,20). The molecule has 1 aromatic rings. The van der Waals surface area contributed by atoms with Gasteiger partial charge in [-0.3, -0.25) is 0 Å². The first-order valence-electron chi connectivity index (χ1n) is 7.65. The van der Waals surface area contributed by atoms with Crippen molar-refractivity contribution in [1.82, 2.24) is 10.6 Å². The van der Waals surface area contributed by atoms with E-state index < -0.39 is 6.10 Å². The lowest BCUT2D eigenvalue weighted by Gasteiger charge is -2.20. The molecule has 3 N–H and O–H groups in total. The van der Waals surface area contributed by atoms with Gasteiger partial charge in [-0.2, -0.15) is 0 Å². The molecule has 2 amide bonds. The fourth-order valence-electron chi connectivity index (χ4n) is 3.17. The fraction of sp³-hybridized carbons (Fsp3) is 0.562. The van der Waals surface area contributed by atoms with Crippen molar-refractivity contribution in [2.45, 2.75) is 50.0 Å². The van der Waals surface area contributed by atoms with Gasteiger partial charge < -0.3 is 20.5 Å². The van der Waals surface area contributed by atoms with Crippen LogP contribution in [0.5, 0.6) is 0 Å². The normalized spacial score (nSPS) is 28.3. The second-order valence-corrected chi connectivity index (χ2v) is 5.83. The second-order valence-electron chi connectivity index (χ2n) is 5.83. The lowest BCUT2D eigenvalue weighted by Crippen LogP contribution is -2.46. The summed E-state index contributed by atoms with van der Waals surface area (Å²) in [7, 11) is 0. The minimum absolute atomic E-state index is 0.141. The molecule has 114 valence electrons. The zero-order valence-electron chi connectivity index (χ0n) is 12.0. The van der Waals surface area contributed by atoms with Crippen LogP contribution < -0.4 is 10.6 Å². The van der Waals surface area contributed by atoms with E-state index in [1.54, 1.807) is 0 Å². The van der Waals surface area contributed by atoms with E-state index in [4.69, 9.17) is 4.74 Å². The zero-order valence-corrected chi connectivity index (χ0v) is 12.0. The quantitative estimate of drug-likeness (QED) is 0.773. The average molecular weight is 290 g/mol. The maximum absolute atomic E-state index is 11.8. The molecule has 2 bridgehead atoms. The summed E-state index contributed by atoms with van der Waals surface area (Å²) in [5.41, 5.74) is 0.876. The lowest BCUT2D eigenvalue weighted by atomic mass is 9.96. The Bertz CT molecular complexity index is 480. The van der Waals surface area contributed by atoms with Crippen LogP contribution >= 0.6 is 0 Å². The van der Waals surface area contributed by atoms with E-state index in [9.17, 15) is 9.90 Å². The van der Waals surface area contributed by atoms with Crippen molar-refractivity contribution in [2.75, 3.05) is 6.54 Å². The third-order valence-electron chi connectivity index (χ3n) is 4.31. The first-order valence-corrected chi connectivity index (χ1v) is 7.65. The molecular weight excluding hydrogens is 268 g/mol. The molecule has 2 fully saturated rings. The summed E-state index contributed by atoms with van der Waals surface area (Å²) in [6.07, 6.45) is 3.57. The lowest BCUT2D eigenvalue weighted by molar-refractivity contribution is 0.0980. The Balaban J connectivity index is 1.36. The predicted octanol–water partition coefficient (Wildman–Crippen LogP) is 1.73. The van der Waals surface area contributed by atoms with Crippen LogP contribution in [-0.2, 0) is 4.74 Å². The fourth-order valence-corrected chi connectivity index (χ4v) is 3.17. The molecule has 0 aliphatic carbocycles. The molecule has 4 atom stereocenters. The molecule has 0 spiro atoms. The molecule has 2 heterocycles. The first-order chi connectivity index (χ1) is 10.2. The Morgan fingerprint density at radius 3 is 2.81 bits per heavy atom. The third-order valence-corrected chi connectivity index (χ3v) is 4.31. The Hall–Kier alpha value is -1.59. The van der Waals surface area contributed by atoms with Crippen LogP contribution in [0.2, 0.25) is 0 Å². The molecule has 2 saturated heterocycles. The summed E-state index contributed by atoms with van der Waals surface area (Å²) in [5.74, 6) is 0. The van der Waals surface area contributed by atoms with Crippen molar-refractivity contribution in [3.05, 3.63) is 35.9 Å². The Labute approximate surface area is 124 Å². The summed E-state index contributed by atoms with van der Waals surface area (Å²) >= 11 is 0. The molecule has 5 nitrogen and oxygen atoms in total. The number of hydrogen-bond acceptors (Lipinski definition) is 3. The largest absolute Gasteiger partial charge is 0.388 e. The van der Waals surface area contributed by atoms with Gasteiger partial charge in [0, 0.05) is 6.54 Å². The van der Waals surface area contributed by atoms with Gasteiger partial charge in [0.1, 0.15) is 0 Å². The van der Waals surface area contributed by atoms with Crippen molar-refractivity contribution < 1.29 is 14.6 Å². The number of carbonyl (C=O) groups excluding carboxylic acids is 1. The number of fused-ring (bicyclic) bond motifs is 2. The molecule has 4 unspecified atom stereocenters. The number of aliphatic hydroxyl groups excluding tert-OH is 1. The van der Waals surface area contributed by atoms with Gasteiger partial charge in [-0.1, -0.05) is 30.3 Å². The van der Waals surface area contributed by atoms with Crippen LogP contribution in [0.1, 0.15) is 37.4 Å². The number of urea groups is 1. The van der Waals surface area contributed by atoms with Crippen LogP contribution in [0.3, 0.4) is 0 Å². The Morgan fingerprint density at radius 2 is 2.14 bits per heavy atom. The summed E-state index contributed by atoms with van der Waals surface area (Å²) in [4.78, 5) is 11.8. The average Bonchev–Trinajstić information content (AvgIpc) is 3.10. The summed E-state index contributed by atoms with van der Waals surface area (Å²) in [6, 6.07) is 9.45. The van der Waals surface area contributed by atoms with E-state index in [1.165, 1.54) is 0 Å². The highest BCUT2D eigenvalue weighted by Gasteiger charge is 2.41. The second kappa shape index (κ2) is 6.45. The van der Waals surface area contributed by atoms with Crippen molar-refractivity contribution in [1.29, 1.82) is 0 Å². The topological polar surface area (TPSA) is 70.6 Å². The Kier molecular flexibility index (Phi) is 4.41. The van der Waals surface area contributed by atoms with E-state index in [2.05, 4.69) is 10.6 Å². The van der Waals surface area contributed by atoms with Crippen LogP contribution in [0, 0.1) is 0 Å². The minimum Gasteiger partial charge on any atom is -0.388 e. The molecule has 2 aliphatic heterocycles. The van der Waals surface area contributed by atoms with Crippen LogP contribution in [0.4, 0.5) is 4.79 Å². The molecule has 5 heteroatoms. The smallest absolute Gasteiger partial charge is 0.315 e. The molecule has 21 heavy (non-hydrogen) atoms. The zero-order chi connectivity index (χ0) is 14.7. The summed E-state index contributed by atoms with van der Waals surface area (Å²) in [5, 5.41) is 15.8. The molecular formula is C16H22N2O3. The number of nitrogens with one attached hydrogen (secondary N) is 2. The Morgan fingerprint density at radius 1 is 1.33 bits per heavy atom. The van der Waals surface area contributed by atoms with Crippen LogP contribution in [-0.4, -0.2) is 35.9 Å². The van der Waals surface area contributed by atoms with Crippen molar-refractivity contribution in [3.63, 3.8) is 0 Å². The number of aliphatic hydroxyl groups is 1. The van der Waals surface area contributed by atoms with Crippen LogP contribution in [0.25, 0.3) is 0 Å². The summed E-state index contributed by atoms with van der Waals surface area (Å²) in [6.45, 7) is 0.448. The van der Waals surface area contributed by atoms with E-state index in [0.29, 0.717) is 19.1 Å². The maximum atomic E-state index is 11.8. The van der Waals surface area contributed by atoms with E-state index in [1.807, 2.05) is 30.3 Å². The highest BCUT2D eigenvalue weighted by molar-refractivity contribution is 5.74. The summed E-state index contributed by atoms with van der Waals surface area (Å²) < 4.78 is 5.70. The van der Waals surface area contributed by atoms with E-state index >= 15 is 0 Å². The number of rotatable bonds is 5. The SMILES string of the molecule is O=C(NCCC(O)c1ccccc1)NC1CC2CCC1O2. The highest BCUT2D eigenvalue weighted by Crippen LogP contribution is 2.34. The highest BCUT2D eigenvalue weighted by atomic mass is 16.5. The van der Waals surface area contributed by atoms with Gasteiger partial charge in [0.2, 0.25) is 0 Å². The minimum atomic E-state index is -0.544. The molecule has 1 aromatic carbocycles. The number of carbonyl (C=O) groups is 1. The number of benzene rings is 1. The van der Waals surface area contributed by atoms with Gasteiger partial charge in [0.05, 0.1) is 24.4 Å². The van der Waals surface area contributed by atoms with Gasteiger partial charge in [-0.05, 0) is 31.2 Å². The third kappa shape index (κ3) is 3.54. The maximum Gasteiger partial charge on any atom is 0.315 e. The monoisotopic (exact) mass is 290 g/mol. The molecule has 2 aliphatic rings. The first kappa shape index (κ1) is 14.4. The van der Waals surface area contributed by atoms with Crippen molar-refractivity contribution in [3.8, 4) is 0 Å². The van der Waals surface area contributed by atoms with Crippen molar-refractivity contribution in [2.24, 2.45) is 0 Å². The van der Waals surface area contributed by atoms with Crippen molar-refractivity contribution >= 4 is 6.03 Å². The number of amides is 2. The molecule has 3 rings (SSSR count).